The van der Waals surface area contributed by atoms with Crippen molar-refractivity contribution in [1.82, 2.24) is 5.32 Å². The van der Waals surface area contributed by atoms with Gasteiger partial charge in [-0.15, -0.1) is 0 Å². The minimum Gasteiger partial charge on any atom is -0.493 e. The summed E-state index contributed by atoms with van der Waals surface area (Å²) in [6.07, 6.45) is -2.41. The molecule has 0 radical (unpaired) electrons. The number of nitrogens with one attached hydrogen (secondary N) is 1. The number of nitrogens with zero attached hydrogens (tertiary/aromatic N) is 1. The first-order chi connectivity index (χ1) is 14.2. The summed E-state index contributed by atoms with van der Waals surface area (Å²) < 4.78 is 12.6. The Balaban J connectivity index is 2.04. The minimum absolute atomic E-state index is 0.434. The van der Waals surface area contributed by atoms with Crippen LogP contribution in [-0.4, -0.2) is 81.1 Å². The number of carbonyl (C=O) groups is 2. The first-order valence-corrected chi connectivity index (χ1v) is 9.70. The van der Waals surface area contributed by atoms with Gasteiger partial charge >= 0.3 is 11.7 Å². The molecule has 0 aromatic carbocycles. The second-order valence-corrected chi connectivity index (χ2v) is 7.60. The lowest BCUT2D eigenvalue weighted by atomic mass is 9.87. The van der Waals surface area contributed by atoms with Gasteiger partial charge in [0.2, 0.25) is 5.91 Å². The molecule has 2 aliphatic heterocycles. The number of pyridine rings is 1. The summed E-state index contributed by atoms with van der Waals surface area (Å²) in [7, 11) is 0. The van der Waals surface area contributed by atoms with Crippen LogP contribution in [0.5, 0.6) is 5.75 Å². The van der Waals surface area contributed by atoms with Crippen molar-refractivity contribution in [3.05, 3.63) is 24.0 Å². The summed E-state index contributed by atoms with van der Waals surface area (Å²) in [6, 6.07) is 0.399. The van der Waals surface area contributed by atoms with Crippen LogP contribution in [0.1, 0.15) is 25.3 Å². The smallest absolute Gasteiger partial charge is 0.407 e. The standard InChI is InChI=1S/C19H26N2O9/c1-10(23)20-15-12(24)7-19(18(27)28,30-17(15)16(26)13(25)9-22)21-5-4-14-11(8-21)3-2-6-29-14/h4-5,8,12-13,15-17,22,24-26H,2-3,6-7,9H2,1H3,(H-,20,23,27,28)/p+1/t12-,13+,15+,16+,17+,19+/m0/s1. The molecule has 30 heavy (non-hydrogen) atoms. The van der Waals surface area contributed by atoms with Gasteiger partial charge in [-0.3, -0.25) is 4.79 Å². The number of aliphatic hydroxyl groups is 4. The Morgan fingerprint density at radius 3 is 2.77 bits per heavy atom. The predicted octanol–water partition coefficient (Wildman–Crippen LogP) is -2.59. The minimum atomic E-state index is -2.12. The molecule has 6 atom stereocenters. The monoisotopic (exact) mass is 427 g/mol. The predicted molar refractivity (Wildman–Crippen MR) is 98.3 cm³/mol. The summed E-state index contributed by atoms with van der Waals surface area (Å²) in [6.45, 7) is 0.922. The number of fused-ring (bicyclic) bond motifs is 1. The van der Waals surface area contributed by atoms with Crippen molar-refractivity contribution in [2.75, 3.05) is 13.2 Å². The van der Waals surface area contributed by atoms with E-state index in [1.807, 2.05) is 0 Å². The Hall–Kier alpha value is -2.31. The lowest BCUT2D eigenvalue weighted by Crippen LogP contribution is -2.74. The van der Waals surface area contributed by atoms with Crippen molar-refractivity contribution in [1.29, 1.82) is 0 Å². The fourth-order valence-corrected chi connectivity index (χ4v) is 3.94. The normalized spacial score (nSPS) is 30.5. The molecule has 0 unspecified atom stereocenters. The average molecular weight is 427 g/mol. The molecule has 11 heteroatoms. The first-order valence-electron chi connectivity index (χ1n) is 9.70. The van der Waals surface area contributed by atoms with E-state index in [-0.39, 0.29) is 0 Å². The van der Waals surface area contributed by atoms with E-state index in [2.05, 4.69) is 5.32 Å². The van der Waals surface area contributed by atoms with Gasteiger partial charge in [0.15, 0.2) is 12.4 Å². The molecule has 1 saturated heterocycles. The third-order valence-electron chi connectivity index (χ3n) is 5.47. The van der Waals surface area contributed by atoms with Crippen LogP contribution in [-0.2, 0) is 26.5 Å². The molecule has 0 saturated carbocycles. The number of amides is 1. The molecule has 166 valence electrons. The van der Waals surface area contributed by atoms with Crippen LogP contribution in [0.3, 0.4) is 0 Å². The largest absolute Gasteiger partial charge is 0.493 e. The van der Waals surface area contributed by atoms with Gasteiger partial charge in [0.25, 0.3) is 0 Å². The van der Waals surface area contributed by atoms with E-state index in [0.29, 0.717) is 18.8 Å². The number of aliphatic carboxylic acids is 1. The molecule has 11 nitrogen and oxygen atoms in total. The van der Waals surface area contributed by atoms with Gasteiger partial charge in [0.1, 0.15) is 24.1 Å². The number of ether oxygens (including phenoxy) is 2. The van der Waals surface area contributed by atoms with Crippen LogP contribution in [0.25, 0.3) is 0 Å². The maximum absolute atomic E-state index is 12.4. The Kier molecular flexibility index (Phi) is 6.58. The van der Waals surface area contributed by atoms with E-state index >= 15 is 0 Å². The van der Waals surface area contributed by atoms with Crippen LogP contribution >= 0.6 is 0 Å². The van der Waals surface area contributed by atoms with Crippen molar-refractivity contribution in [3.8, 4) is 5.75 Å². The Morgan fingerprint density at radius 2 is 2.13 bits per heavy atom. The number of carboxylic acids is 1. The van der Waals surface area contributed by atoms with Crippen LogP contribution in [0.4, 0.5) is 0 Å². The lowest BCUT2D eigenvalue weighted by Gasteiger charge is -2.43. The number of aliphatic hydroxyl groups excluding tert-OH is 4. The zero-order valence-corrected chi connectivity index (χ0v) is 16.5. The molecule has 1 fully saturated rings. The Labute approximate surface area is 172 Å². The Morgan fingerprint density at radius 1 is 1.40 bits per heavy atom. The zero-order chi connectivity index (χ0) is 22.1. The second kappa shape index (κ2) is 8.82. The number of aromatic nitrogens is 1. The van der Waals surface area contributed by atoms with Crippen LogP contribution < -0.4 is 14.6 Å². The molecule has 1 aromatic rings. The number of rotatable bonds is 6. The summed E-state index contributed by atoms with van der Waals surface area (Å²) in [5.74, 6) is -1.35. The van der Waals surface area contributed by atoms with Crippen molar-refractivity contribution in [2.24, 2.45) is 0 Å². The first kappa shape index (κ1) is 22.4. The highest BCUT2D eigenvalue weighted by Crippen LogP contribution is 2.33. The third-order valence-corrected chi connectivity index (χ3v) is 5.47. The van der Waals surface area contributed by atoms with Crippen molar-refractivity contribution < 1.29 is 49.2 Å². The molecule has 1 amide bonds. The van der Waals surface area contributed by atoms with E-state index in [4.69, 9.17) is 9.47 Å². The number of hydrogen-bond donors (Lipinski definition) is 6. The molecule has 0 spiro atoms. The van der Waals surface area contributed by atoms with E-state index in [1.54, 1.807) is 12.3 Å². The fraction of sp³-hybridized carbons (Fsp3) is 0.632. The van der Waals surface area contributed by atoms with Crippen molar-refractivity contribution >= 4 is 11.9 Å². The quantitative estimate of drug-likeness (QED) is 0.267. The molecule has 3 rings (SSSR count). The molecule has 6 N–H and O–H groups in total. The zero-order valence-electron chi connectivity index (χ0n) is 16.5. The SMILES string of the molecule is CC(=O)N[C@H]1[C@H]([C@H](O)[C@H](O)CO)O[C@](C(=O)O)([n+]2ccc3c(c2)CCCO3)C[C@@H]1O. The molecule has 0 bridgehead atoms. The van der Waals surface area contributed by atoms with Crippen molar-refractivity contribution in [2.45, 2.75) is 62.4 Å². The van der Waals surface area contributed by atoms with Crippen LogP contribution in [0.15, 0.2) is 18.5 Å². The molecule has 1 aromatic heterocycles. The highest BCUT2D eigenvalue weighted by Gasteiger charge is 2.61. The van der Waals surface area contributed by atoms with Gasteiger partial charge in [-0.1, -0.05) is 0 Å². The number of hydrogen-bond acceptors (Lipinski definition) is 8. The fourth-order valence-electron chi connectivity index (χ4n) is 3.94. The Bertz CT molecular complexity index is 804. The maximum atomic E-state index is 12.4. The maximum Gasteiger partial charge on any atom is 0.407 e. The highest BCUT2D eigenvalue weighted by molar-refractivity contribution is 5.74. The second-order valence-electron chi connectivity index (χ2n) is 7.60. The number of carbonyl (C=O) groups excluding carboxylic acids is 1. The molecular weight excluding hydrogens is 400 g/mol. The van der Waals surface area contributed by atoms with E-state index < -0.39 is 61.1 Å². The van der Waals surface area contributed by atoms with Gasteiger partial charge in [0, 0.05) is 13.0 Å². The van der Waals surface area contributed by atoms with Gasteiger partial charge in [-0.25, -0.2) is 4.79 Å². The highest BCUT2D eigenvalue weighted by atomic mass is 16.6. The van der Waals surface area contributed by atoms with Crippen LogP contribution in [0.2, 0.25) is 0 Å². The topological polar surface area (TPSA) is 170 Å². The van der Waals surface area contributed by atoms with E-state index in [0.717, 1.165) is 12.0 Å². The van der Waals surface area contributed by atoms with Gasteiger partial charge < -0.3 is 40.3 Å². The number of carboxylic acid groups (broad SMARTS) is 1. The molecule has 3 heterocycles. The van der Waals surface area contributed by atoms with E-state index in [1.165, 1.54) is 17.7 Å². The van der Waals surface area contributed by atoms with Gasteiger partial charge in [-0.2, -0.15) is 4.57 Å². The van der Waals surface area contributed by atoms with Gasteiger partial charge in [-0.05, 0) is 12.8 Å². The molecule has 2 aliphatic rings. The number of aryl methyl sites for hydroxylation is 1. The molecule has 0 aliphatic carbocycles. The van der Waals surface area contributed by atoms with Gasteiger partial charge in [0.05, 0.1) is 37.3 Å². The summed E-state index contributed by atoms with van der Waals surface area (Å²) in [4.78, 5) is 23.9. The lowest BCUT2D eigenvalue weighted by molar-refractivity contribution is -0.801. The molecular formula is C19H27N2O9+. The third kappa shape index (κ3) is 4.12. The summed E-state index contributed by atoms with van der Waals surface area (Å²) in [5.41, 5.74) is -1.36. The van der Waals surface area contributed by atoms with Crippen LogP contribution in [0, 0.1) is 0 Å². The summed E-state index contributed by atoms with van der Waals surface area (Å²) in [5, 5.41) is 52.8. The average Bonchev–Trinajstić information content (AvgIpc) is 2.73. The van der Waals surface area contributed by atoms with Crippen molar-refractivity contribution in [3.63, 3.8) is 0 Å². The van der Waals surface area contributed by atoms with E-state index in [9.17, 15) is 35.1 Å². The summed E-state index contributed by atoms with van der Waals surface area (Å²) >= 11 is 0.